The summed E-state index contributed by atoms with van der Waals surface area (Å²) in [5.41, 5.74) is 0.0534. The number of ether oxygens (including phenoxy) is 1. The average Bonchev–Trinajstić information content (AvgIpc) is 2.70. The average molecular weight is 288 g/mol. The van der Waals surface area contributed by atoms with Gasteiger partial charge in [0.15, 0.2) is 0 Å². The molecule has 5 nitrogen and oxygen atoms in total. The number of aromatic nitrogens is 2. The molecule has 6 heteroatoms. The van der Waals surface area contributed by atoms with E-state index in [0.29, 0.717) is 18.1 Å². The lowest BCUT2D eigenvalue weighted by Crippen LogP contribution is -2.50. The molecule has 108 valence electrons. The molecule has 0 fully saturated rings. The van der Waals surface area contributed by atoms with Crippen LogP contribution in [0, 0.1) is 6.92 Å². The van der Waals surface area contributed by atoms with E-state index in [2.05, 4.69) is 10.4 Å². The molecule has 0 aromatic carbocycles. The first-order valence-corrected chi connectivity index (χ1v) is 6.79. The fourth-order valence-corrected chi connectivity index (χ4v) is 2.09. The second kappa shape index (κ2) is 6.39. The molecule has 0 aliphatic rings. The summed E-state index contributed by atoms with van der Waals surface area (Å²) in [6, 6.07) is 0.0352. The summed E-state index contributed by atoms with van der Waals surface area (Å²) in [7, 11) is 1.75. The lowest BCUT2D eigenvalue weighted by Gasteiger charge is -2.29. The van der Waals surface area contributed by atoms with E-state index < -0.39 is 5.54 Å². The van der Waals surface area contributed by atoms with Gasteiger partial charge in [-0.2, -0.15) is 5.10 Å². The third kappa shape index (κ3) is 3.70. The number of nitrogens with one attached hydrogen (secondary N) is 1. The Labute approximate surface area is 119 Å². The van der Waals surface area contributed by atoms with Gasteiger partial charge < -0.3 is 10.1 Å². The minimum absolute atomic E-state index is 0.0352. The predicted molar refractivity (Wildman–Crippen MR) is 75.4 cm³/mol. The molecule has 0 aliphatic heterocycles. The molecule has 2 unspecified atom stereocenters. The summed E-state index contributed by atoms with van der Waals surface area (Å²) in [5.74, 6) is -0.251. The van der Waals surface area contributed by atoms with Crippen molar-refractivity contribution in [3.8, 4) is 0 Å². The molecule has 0 saturated carbocycles. The van der Waals surface area contributed by atoms with Crippen LogP contribution in [0.2, 0.25) is 5.02 Å². The van der Waals surface area contributed by atoms with Gasteiger partial charge in [0.05, 0.1) is 23.4 Å². The molecule has 1 N–H and O–H groups in total. The Balaban J connectivity index is 2.83. The van der Waals surface area contributed by atoms with Gasteiger partial charge in [-0.3, -0.25) is 9.48 Å². The third-order valence-electron chi connectivity index (χ3n) is 3.29. The zero-order chi connectivity index (χ0) is 14.6. The standard InChI is InChI=1S/C13H22ClN3O2/c1-6-19-12(18)13(4,15-5)7-9(2)17-8-11(14)10(3)16-17/h8-9,15H,6-7H2,1-5H3. The Morgan fingerprint density at radius 3 is 2.74 bits per heavy atom. The second-order valence-corrected chi connectivity index (χ2v) is 5.31. The van der Waals surface area contributed by atoms with Crippen LogP contribution in [0.1, 0.15) is 38.9 Å². The Bertz CT molecular complexity index is 428. The van der Waals surface area contributed by atoms with Crippen LogP contribution in [-0.4, -0.2) is 34.9 Å². The largest absolute Gasteiger partial charge is 0.465 e. The molecule has 2 atom stereocenters. The van der Waals surface area contributed by atoms with Gasteiger partial charge in [0.2, 0.25) is 0 Å². The van der Waals surface area contributed by atoms with Crippen molar-refractivity contribution in [3.05, 3.63) is 16.9 Å². The van der Waals surface area contributed by atoms with Crippen LogP contribution in [0.5, 0.6) is 0 Å². The lowest BCUT2D eigenvalue weighted by molar-refractivity contribution is -0.151. The van der Waals surface area contributed by atoms with Gasteiger partial charge in [-0.1, -0.05) is 11.6 Å². The van der Waals surface area contributed by atoms with E-state index in [1.165, 1.54) is 0 Å². The van der Waals surface area contributed by atoms with Crippen molar-refractivity contribution in [1.82, 2.24) is 15.1 Å². The maximum absolute atomic E-state index is 12.0. The summed E-state index contributed by atoms with van der Waals surface area (Å²) in [5, 5.41) is 8.01. The number of nitrogens with zero attached hydrogens (tertiary/aromatic N) is 2. The lowest BCUT2D eigenvalue weighted by atomic mass is 9.94. The quantitative estimate of drug-likeness (QED) is 0.816. The van der Waals surface area contributed by atoms with E-state index in [0.717, 1.165) is 5.69 Å². The van der Waals surface area contributed by atoms with Crippen LogP contribution >= 0.6 is 11.6 Å². The molecular weight excluding hydrogens is 266 g/mol. The van der Waals surface area contributed by atoms with Crippen molar-refractivity contribution in [2.75, 3.05) is 13.7 Å². The van der Waals surface area contributed by atoms with Crippen LogP contribution in [0.15, 0.2) is 6.20 Å². The predicted octanol–water partition coefficient (Wildman–Crippen LogP) is 2.34. The molecule has 0 aliphatic carbocycles. The Morgan fingerprint density at radius 2 is 2.32 bits per heavy atom. The number of rotatable bonds is 6. The first-order valence-electron chi connectivity index (χ1n) is 6.41. The van der Waals surface area contributed by atoms with Gasteiger partial charge >= 0.3 is 5.97 Å². The summed E-state index contributed by atoms with van der Waals surface area (Å²) < 4.78 is 6.89. The van der Waals surface area contributed by atoms with Crippen LogP contribution in [0.25, 0.3) is 0 Å². The van der Waals surface area contributed by atoms with Gasteiger partial charge in [0.1, 0.15) is 5.54 Å². The zero-order valence-corrected chi connectivity index (χ0v) is 12.9. The highest BCUT2D eigenvalue weighted by Crippen LogP contribution is 2.24. The van der Waals surface area contributed by atoms with E-state index in [1.807, 2.05) is 20.8 Å². The second-order valence-electron chi connectivity index (χ2n) is 4.90. The number of hydrogen-bond acceptors (Lipinski definition) is 4. The van der Waals surface area contributed by atoms with Gasteiger partial charge in [-0.15, -0.1) is 0 Å². The Kier molecular flexibility index (Phi) is 5.38. The normalized spacial score (nSPS) is 15.9. The van der Waals surface area contributed by atoms with E-state index in [1.54, 1.807) is 24.9 Å². The monoisotopic (exact) mass is 287 g/mol. The van der Waals surface area contributed by atoms with Crippen molar-refractivity contribution in [2.24, 2.45) is 0 Å². The number of hydrogen-bond donors (Lipinski definition) is 1. The van der Waals surface area contributed by atoms with Gasteiger partial charge in [0.25, 0.3) is 0 Å². The summed E-state index contributed by atoms with van der Waals surface area (Å²) in [4.78, 5) is 12.0. The van der Waals surface area contributed by atoms with E-state index in [4.69, 9.17) is 16.3 Å². The van der Waals surface area contributed by atoms with Crippen molar-refractivity contribution in [2.45, 2.75) is 45.7 Å². The molecule has 0 amide bonds. The van der Waals surface area contributed by atoms with E-state index in [-0.39, 0.29) is 12.0 Å². The summed E-state index contributed by atoms with van der Waals surface area (Å²) in [6.07, 6.45) is 2.35. The van der Waals surface area contributed by atoms with Crippen LogP contribution in [0.4, 0.5) is 0 Å². The number of likely N-dealkylation sites (N-methyl/N-ethyl adjacent to an activating group) is 1. The molecule has 0 spiro atoms. The first-order chi connectivity index (χ1) is 8.84. The first kappa shape index (κ1) is 16.0. The fourth-order valence-electron chi connectivity index (χ4n) is 1.95. The Hall–Kier alpha value is -1.07. The van der Waals surface area contributed by atoms with Crippen LogP contribution < -0.4 is 5.32 Å². The molecule has 0 radical (unpaired) electrons. The molecule has 0 saturated heterocycles. The zero-order valence-electron chi connectivity index (χ0n) is 12.2. The van der Waals surface area contributed by atoms with Gasteiger partial charge in [-0.05, 0) is 41.2 Å². The molecule has 19 heavy (non-hydrogen) atoms. The highest BCUT2D eigenvalue weighted by Gasteiger charge is 2.35. The minimum Gasteiger partial charge on any atom is -0.465 e. The molecule has 1 aromatic heterocycles. The fraction of sp³-hybridized carbons (Fsp3) is 0.692. The number of carbonyl (C=O) groups is 1. The number of aryl methyl sites for hydroxylation is 1. The molecule has 0 bridgehead atoms. The van der Waals surface area contributed by atoms with Crippen molar-refractivity contribution in [1.29, 1.82) is 0 Å². The Morgan fingerprint density at radius 1 is 1.68 bits per heavy atom. The third-order valence-corrected chi connectivity index (χ3v) is 3.66. The highest BCUT2D eigenvalue weighted by molar-refractivity contribution is 6.31. The molecule has 1 heterocycles. The van der Waals surface area contributed by atoms with E-state index in [9.17, 15) is 4.79 Å². The van der Waals surface area contributed by atoms with Gasteiger partial charge in [-0.25, -0.2) is 0 Å². The SMILES string of the molecule is CCOC(=O)C(C)(CC(C)n1cc(Cl)c(C)n1)NC. The van der Waals surface area contributed by atoms with Crippen molar-refractivity contribution >= 4 is 17.6 Å². The van der Waals surface area contributed by atoms with Gasteiger partial charge in [0, 0.05) is 6.20 Å². The van der Waals surface area contributed by atoms with Crippen LogP contribution in [0.3, 0.4) is 0 Å². The molecule has 1 aromatic rings. The minimum atomic E-state index is -0.734. The summed E-state index contributed by atoms with van der Waals surface area (Å²) >= 11 is 6.00. The smallest absolute Gasteiger partial charge is 0.326 e. The van der Waals surface area contributed by atoms with Crippen molar-refractivity contribution < 1.29 is 9.53 Å². The molecule has 1 rings (SSSR count). The maximum Gasteiger partial charge on any atom is 0.326 e. The topological polar surface area (TPSA) is 56.2 Å². The highest BCUT2D eigenvalue weighted by atomic mass is 35.5. The molecular formula is C13H22ClN3O2. The van der Waals surface area contributed by atoms with Crippen molar-refractivity contribution in [3.63, 3.8) is 0 Å². The summed E-state index contributed by atoms with van der Waals surface area (Å²) in [6.45, 7) is 7.86. The maximum atomic E-state index is 12.0. The van der Waals surface area contributed by atoms with E-state index >= 15 is 0 Å². The number of halogens is 1. The number of carbonyl (C=O) groups excluding carboxylic acids is 1. The number of esters is 1. The van der Waals surface area contributed by atoms with Crippen LogP contribution in [-0.2, 0) is 9.53 Å².